The van der Waals surface area contributed by atoms with Crippen molar-refractivity contribution in [2.24, 2.45) is 0 Å². The summed E-state index contributed by atoms with van der Waals surface area (Å²) in [6.45, 7) is 1.16. The average molecular weight is 450 g/mol. The van der Waals surface area contributed by atoms with Crippen LogP contribution >= 0.6 is 27.5 Å². The van der Waals surface area contributed by atoms with E-state index in [1.54, 1.807) is 18.2 Å². The number of morpholine rings is 1. The number of nitrogens with zero attached hydrogens (tertiary/aromatic N) is 1. The Hall–Kier alpha value is -1.39. The third-order valence-corrected chi connectivity index (χ3v) is 6.13. The molecule has 1 aliphatic heterocycles. The van der Waals surface area contributed by atoms with Crippen LogP contribution in [0.1, 0.15) is 10.6 Å². The molecule has 1 N–H and O–H groups in total. The highest BCUT2D eigenvalue weighted by atomic mass is 79.9. The summed E-state index contributed by atoms with van der Waals surface area (Å²) in [6.07, 6.45) is 0. The lowest BCUT2D eigenvalue weighted by Crippen LogP contribution is -2.40. The topological polar surface area (TPSA) is 88.9 Å². The number of furan rings is 1. The Kier molecular flexibility index (Phi) is 5.49. The molecule has 0 saturated carbocycles. The van der Waals surface area contributed by atoms with Crippen LogP contribution in [-0.2, 0) is 14.8 Å². The summed E-state index contributed by atoms with van der Waals surface area (Å²) in [6, 6.07) is 7.56. The molecule has 0 radical (unpaired) electrons. The number of benzene rings is 1. The largest absolute Gasteiger partial charge is 0.438 e. The van der Waals surface area contributed by atoms with Gasteiger partial charge in [0.25, 0.3) is 15.9 Å². The Morgan fingerprint density at radius 1 is 1.20 bits per heavy atom. The fraction of sp³-hybridized carbons (Fsp3) is 0.267. The monoisotopic (exact) mass is 448 g/mol. The van der Waals surface area contributed by atoms with Gasteiger partial charge in [0, 0.05) is 17.6 Å². The molecule has 1 aromatic carbocycles. The Morgan fingerprint density at radius 2 is 1.92 bits per heavy atom. The van der Waals surface area contributed by atoms with Crippen molar-refractivity contribution >= 4 is 49.1 Å². The van der Waals surface area contributed by atoms with Gasteiger partial charge in [0.2, 0.25) is 5.09 Å². The molecule has 1 saturated heterocycles. The van der Waals surface area contributed by atoms with Crippen molar-refractivity contribution in [2.45, 2.75) is 5.09 Å². The number of sulfonamides is 1. The minimum Gasteiger partial charge on any atom is -0.438 e. The van der Waals surface area contributed by atoms with Crippen LogP contribution in [0.5, 0.6) is 0 Å². The molecule has 0 aliphatic carbocycles. The molecule has 0 bridgehead atoms. The lowest BCUT2D eigenvalue weighted by molar-refractivity contribution is 0.0723. The number of halogens is 2. The zero-order chi connectivity index (χ0) is 18.0. The Morgan fingerprint density at radius 3 is 2.60 bits per heavy atom. The maximum absolute atomic E-state index is 12.5. The summed E-state index contributed by atoms with van der Waals surface area (Å²) >= 11 is 9.33. The van der Waals surface area contributed by atoms with E-state index in [0.717, 1.165) is 4.47 Å². The highest BCUT2D eigenvalue weighted by Gasteiger charge is 2.30. The van der Waals surface area contributed by atoms with Gasteiger partial charge in [-0.05, 0) is 30.3 Å². The molecule has 1 aliphatic rings. The molecule has 0 spiro atoms. The number of ether oxygens (including phenoxy) is 1. The van der Waals surface area contributed by atoms with Gasteiger partial charge < -0.3 is 14.5 Å². The van der Waals surface area contributed by atoms with Gasteiger partial charge in [-0.25, -0.2) is 8.42 Å². The first-order chi connectivity index (χ1) is 11.9. The van der Waals surface area contributed by atoms with Gasteiger partial charge in [0.15, 0.2) is 5.76 Å². The van der Waals surface area contributed by atoms with Crippen LogP contribution in [0, 0.1) is 0 Å². The third-order valence-electron chi connectivity index (χ3n) is 3.55. The van der Waals surface area contributed by atoms with Gasteiger partial charge >= 0.3 is 0 Å². The summed E-state index contributed by atoms with van der Waals surface area (Å²) in [5.41, 5.74) is 0.392. The van der Waals surface area contributed by atoms with E-state index >= 15 is 0 Å². The summed E-state index contributed by atoms with van der Waals surface area (Å²) in [5, 5.41) is 2.65. The van der Waals surface area contributed by atoms with Crippen molar-refractivity contribution in [3.63, 3.8) is 0 Å². The van der Waals surface area contributed by atoms with Crippen LogP contribution in [0.15, 0.2) is 44.3 Å². The number of carbonyl (C=O) groups excluding carboxylic acids is 1. The molecule has 1 amide bonds. The molecule has 2 aromatic rings. The molecule has 2 heterocycles. The van der Waals surface area contributed by atoms with Crippen molar-refractivity contribution in [2.75, 3.05) is 31.6 Å². The summed E-state index contributed by atoms with van der Waals surface area (Å²) in [7, 11) is -3.79. The van der Waals surface area contributed by atoms with Crippen molar-refractivity contribution in [3.05, 3.63) is 45.6 Å². The van der Waals surface area contributed by atoms with E-state index in [0.29, 0.717) is 23.9 Å². The maximum atomic E-state index is 12.5. The van der Waals surface area contributed by atoms with E-state index in [4.69, 9.17) is 20.8 Å². The number of amides is 1. The second-order valence-corrected chi connectivity index (χ2v) is 8.41. The standard InChI is InChI=1S/C15H14BrClN2O5S/c16-10-1-2-12(11(17)9-10)18-15(20)13-3-4-14(24-13)25(21,22)19-5-7-23-8-6-19/h1-4,9H,5-8H2,(H,18,20). The summed E-state index contributed by atoms with van der Waals surface area (Å²) in [4.78, 5) is 12.3. The molecular weight excluding hydrogens is 436 g/mol. The second kappa shape index (κ2) is 7.46. The number of rotatable bonds is 4. The number of hydrogen-bond acceptors (Lipinski definition) is 5. The van der Waals surface area contributed by atoms with Crippen LogP contribution in [0.2, 0.25) is 5.02 Å². The first kappa shape index (κ1) is 18.4. The lowest BCUT2D eigenvalue weighted by Gasteiger charge is -2.24. The zero-order valence-electron chi connectivity index (χ0n) is 12.9. The Labute approximate surface area is 158 Å². The van der Waals surface area contributed by atoms with E-state index in [-0.39, 0.29) is 23.9 Å². The number of carbonyl (C=O) groups is 1. The first-order valence-electron chi connectivity index (χ1n) is 7.32. The molecule has 1 fully saturated rings. The Balaban J connectivity index is 1.77. The quantitative estimate of drug-likeness (QED) is 0.775. The predicted octanol–water partition coefficient (Wildman–Crippen LogP) is 2.97. The summed E-state index contributed by atoms with van der Waals surface area (Å²) in [5.74, 6) is -0.710. The van der Waals surface area contributed by atoms with Gasteiger partial charge in [-0.2, -0.15) is 4.31 Å². The molecule has 0 unspecified atom stereocenters. The van der Waals surface area contributed by atoms with Gasteiger partial charge in [0.1, 0.15) is 0 Å². The van der Waals surface area contributed by atoms with E-state index in [1.807, 2.05) is 0 Å². The van der Waals surface area contributed by atoms with Crippen molar-refractivity contribution in [3.8, 4) is 0 Å². The normalized spacial score (nSPS) is 15.9. The minimum absolute atomic E-state index is 0.120. The van der Waals surface area contributed by atoms with E-state index < -0.39 is 15.9 Å². The van der Waals surface area contributed by atoms with Crippen molar-refractivity contribution in [1.29, 1.82) is 0 Å². The predicted molar refractivity (Wildman–Crippen MR) is 95.4 cm³/mol. The second-order valence-electron chi connectivity index (χ2n) is 5.21. The van der Waals surface area contributed by atoms with Crippen LogP contribution in [0.25, 0.3) is 0 Å². The van der Waals surface area contributed by atoms with Gasteiger partial charge in [-0.15, -0.1) is 0 Å². The number of anilines is 1. The molecular formula is C15H14BrClN2O5S. The molecule has 25 heavy (non-hydrogen) atoms. The van der Waals surface area contributed by atoms with E-state index in [1.165, 1.54) is 16.4 Å². The maximum Gasteiger partial charge on any atom is 0.291 e. The van der Waals surface area contributed by atoms with E-state index in [2.05, 4.69) is 21.2 Å². The fourth-order valence-electron chi connectivity index (χ4n) is 2.27. The Bertz CT molecular complexity index is 893. The number of nitrogens with one attached hydrogen (secondary N) is 1. The van der Waals surface area contributed by atoms with Crippen LogP contribution in [-0.4, -0.2) is 44.9 Å². The van der Waals surface area contributed by atoms with Gasteiger partial charge in [0.05, 0.1) is 23.9 Å². The van der Waals surface area contributed by atoms with Crippen molar-refractivity contribution in [1.82, 2.24) is 4.31 Å². The van der Waals surface area contributed by atoms with E-state index in [9.17, 15) is 13.2 Å². The molecule has 0 atom stereocenters. The highest BCUT2D eigenvalue weighted by Crippen LogP contribution is 2.27. The van der Waals surface area contributed by atoms with Crippen molar-refractivity contribution < 1.29 is 22.4 Å². The third kappa shape index (κ3) is 4.06. The first-order valence-corrected chi connectivity index (χ1v) is 9.93. The minimum atomic E-state index is -3.79. The van der Waals surface area contributed by atoms with Crippen LogP contribution in [0.3, 0.4) is 0 Å². The molecule has 3 rings (SSSR count). The molecule has 10 heteroatoms. The SMILES string of the molecule is O=C(Nc1ccc(Br)cc1Cl)c1ccc(S(=O)(=O)N2CCOCC2)o1. The summed E-state index contributed by atoms with van der Waals surface area (Å²) < 4.78 is 37.4. The number of hydrogen-bond donors (Lipinski definition) is 1. The lowest BCUT2D eigenvalue weighted by atomic mass is 10.3. The molecule has 134 valence electrons. The van der Waals surface area contributed by atoms with Gasteiger partial charge in [-0.3, -0.25) is 4.79 Å². The smallest absolute Gasteiger partial charge is 0.291 e. The van der Waals surface area contributed by atoms with Crippen LogP contribution in [0.4, 0.5) is 5.69 Å². The molecule has 7 nitrogen and oxygen atoms in total. The van der Waals surface area contributed by atoms with Gasteiger partial charge in [-0.1, -0.05) is 27.5 Å². The average Bonchev–Trinajstić information content (AvgIpc) is 3.09. The zero-order valence-corrected chi connectivity index (χ0v) is 16.0. The fourth-order valence-corrected chi connectivity index (χ4v) is 4.31. The van der Waals surface area contributed by atoms with Crippen LogP contribution < -0.4 is 5.32 Å². The highest BCUT2D eigenvalue weighted by molar-refractivity contribution is 9.10. The molecule has 1 aromatic heterocycles.